The molecule has 4 aromatic rings. The summed E-state index contributed by atoms with van der Waals surface area (Å²) in [6.07, 6.45) is 0. The third kappa shape index (κ3) is 4.71. The van der Waals surface area contributed by atoms with E-state index in [2.05, 4.69) is 10.4 Å². The molecule has 0 saturated heterocycles. The van der Waals surface area contributed by atoms with Crippen molar-refractivity contribution in [3.8, 4) is 17.1 Å². The highest BCUT2D eigenvalue weighted by Gasteiger charge is 2.18. The van der Waals surface area contributed by atoms with Gasteiger partial charge in [0.25, 0.3) is 0 Å². The van der Waals surface area contributed by atoms with Crippen molar-refractivity contribution in [1.29, 1.82) is 0 Å². The molecule has 0 unspecified atom stereocenters. The molecule has 0 aliphatic heterocycles. The van der Waals surface area contributed by atoms with Gasteiger partial charge >= 0.3 is 0 Å². The van der Waals surface area contributed by atoms with E-state index < -0.39 is 0 Å². The topological polar surface area (TPSA) is 51.9 Å². The second-order valence-electron chi connectivity index (χ2n) is 6.97. The van der Waals surface area contributed by atoms with Gasteiger partial charge in [0, 0.05) is 22.0 Å². The Morgan fingerprint density at radius 2 is 1.74 bits per heavy atom. The number of benzene rings is 3. The quantitative estimate of drug-likeness (QED) is 0.348. The number of para-hydroxylation sites is 1. The zero-order valence-electron chi connectivity index (χ0n) is 16.5. The number of aryl methyl sites for hydroxylation is 1. The third-order valence-electron chi connectivity index (χ3n) is 4.65. The second-order valence-corrected chi connectivity index (χ2v) is 8.18. The maximum Gasteiger partial charge on any atom is 0.246 e. The van der Waals surface area contributed by atoms with Crippen LogP contribution in [-0.4, -0.2) is 20.3 Å². The number of halogens is 2. The molecule has 0 atom stereocenters. The SMILES string of the molecule is Cc1ccc(-n2c(-c3ccc(Cl)cc3Cl)nn(CC(=O)Nc3ccccc3)c2=S)cc1. The summed E-state index contributed by atoms with van der Waals surface area (Å²) in [5.41, 5.74) is 3.32. The largest absolute Gasteiger partial charge is 0.324 e. The summed E-state index contributed by atoms with van der Waals surface area (Å²) in [6, 6.07) is 22.3. The van der Waals surface area contributed by atoms with Gasteiger partial charge < -0.3 is 5.32 Å². The lowest BCUT2D eigenvalue weighted by molar-refractivity contribution is -0.116. The Morgan fingerprint density at radius 1 is 1.03 bits per heavy atom. The molecule has 0 aliphatic rings. The zero-order valence-corrected chi connectivity index (χ0v) is 18.9. The minimum absolute atomic E-state index is 0.0369. The van der Waals surface area contributed by atoms with E-state index >= 15 is 0 Å². The van der Waals surface area contributed by atoms with Crippen molar-refractivity contribution in [2.24, 2.45) is 0 Å². The van der Waals surface area contributed by atoms with Crippen molar-refractivity contribution in [2.75, 3.05) is 5.32 Å². The maximum atomic E-state index is 12.6. The van der Waals surface area contributed by atoms with E-state index in [1.165, 1.54) is 4.68 Å². The van der Waals surface area contributed by atoms with Gasteiger partial charge in [0.05, 0.1) is 5.02 Å². The van der Waals surface area contributed by atoms with Gasteiger partial charge in [0.2, 0.25) is 10.7 Å². The van der Waals surface area contributed by atoms with Crippen molar-refractivity contribution >= 4 is 47.0 Å². The van der Waals surface area contributed by atoms with E-state index in [1.807, 2.05) is 61.5 Å². The molecule has 156 valence electrons. The van der Waals surface area contributed by atoms with Crippen LogP contribution in [0.4, 0.5) is 5.69 Å². The highest BCUT2D eigenvalue weighted by molar-refractivity contribution is 7.71. The number of carbonyl (C=O) groups excluding carboxylic acids is 1. The van der Waals surface area contributed by atoms with E-state index in [9.17, 15) is 4.79 Å². The summed E-state index contributed by atoms with van der Waals surface area (Å²) in [7, 11) is 0. The number of hydrogen-bond acceptors (Lipinski definition) is 3. The van der Waals surface area contributed by atoms with Gasteiger partial charge in [-0.25, -0.2) is 4.68 Å². The standard InChI is InChI=1S/C23H18Cl2N4OS/c1-15-7-10-18(11-8-15)29-22(19-12-9-16(24)13-20(19)25)27-28(23(29)31)14-21(30)26-17-5-3-2-4-6-17/h2-13H,14H2,1H3,(H,26,30). The predicted octanol–water partition coefficient (Wildman–Crippen LogP) is 6.32. The fourth-order valence-electron chi connectivity index (χ4n) is 3.14. The lowest BCUT2D eigenvalue weighted by atomic mass is 10.2. The molecule has 0 spiro atoms. The molecule has 8 heteroatoms. The Morgan fingerprint density at radius 3 is 2.42 bits per heavy atom. The minimum atomic E-state index is -0.232. The Labute approximate surface area is 194 Å². The third-order valence-corrected chi connectivity index (χ3v) is 5.60. The van der Waals surface area contributed by atoms with Crippen molar-refractivity contribution < 1.29 is 4.79 Å². The number of aromatic nitrogens is 3. The molecule has 1 amide bonds. The molecule has 0 radical (unpaired) electrons. The molecule has 1 heterocycles. The molecule has 5 nitrogen and oxygen atoms in total. The molecule has 31 heavy (non-hydrogen) atoms. The Hall–Kier alpha value is -2.93. The van der Waals surface area contributed by atoms with Crippen LogP contribution in [0.15, 0.2) is 72.8 Å². The molecule has 3 aromatic carbocycles. The molecule has 4 rings (SSSR count). The van der Waals surface area contributed by atoms with Crippen LogP contribution in [0.1, 0.15) is 5.56 Å². The number of nitrogens with one attached hydrogen (secondary N) is 1. The fraction of sp³-hybridized carbons (Fsp3) is 0.0870. The Balaban J connectivity index is 1.77. The van der Waals surface area contributed by atoms with E-state index in [-0.39, 0.29) is 12.5 Å². The number of carbonyl (C=O) groups is 1. The van der Waals surface area contributed by atoms with Crippen LogP contribution in [0.25, 0.3) is 17.1 Å². The fourth-order valence-corrected chi connectivity index (χ4v) is 3.93. The highest BCUT2D eigenvalue weighted by Crippen LogP contribution is 2.31. The summed E-state index contributed by atoms with van der Waals surface area (Å²) < 4.78 is 3.68. The summed E-state index contributed by atoms with van der Waals surface area (Å²) in [6.45, 7) is 1.97. The molecular weight excluding hydrogens is 451 g/mol. The van der Waals surface area contributed by atoms with Gasteiger partial charge in [-0.2, -0.15) is 5.10 Å². The van der Waals surface area contributed by atoms with Gasteiger partial charge in [-0.1, -0.05) is 59.1 Å². The molecule has 0 aliphatic carbocycles. The lowest BCUT2D eigenvalue weighted by Gasteiger charge is -2.09. The molecular formula is C23H18Cl2N4OS. The lowest BCUT2D eigenvalue weighted by Crippen LogP contribution is -2.19. The average molecular weight is 469 g/mol. The second kappa shape index (κ2) is 9.06. The molecule has 0 fully saturated rings. The first-order valence-corrected chi connectivity index (χ1v) is 10.7. The predicted molar refractivity (Wildman–Crippen MR) is 128 cm³/mol. The highest BCUT2D eigenvalue weighted by atomic mass is 35.5. The number of nitrogens with zero attached hydrogens (tertiary/aromatic N) is 3. The first-order valence-electron chi connectivity index (χ1n) is 9.49. The molecule has 1 aromatic heterocycles. The summed E-state index contributed by atoms with van der Waals surface area (Å²) >= 11 is 18.2. The first-order chi connectivity index (χ1) is 14.9. The van der Waals surface area contributed by atoms with Gasteiger partial charge in [-0.3, -0.25) is 9.36 Å². The van der Waals surface area contributed by atoms with Crippen LogP contribution < -0.4 is 5.32 Å². The van der Waals surface area contributed by atoms with Gasteiger partial charge in [-0.05, 0) is 61.6 Å². The van der Waals surface area contributed by atoms with Crippen LogP contribution in [0, 0.1) is 11.7 Å². The smallest absolute Gasteiger partial charge is 0.246 e. The normalized spacial score (nSPS) is 10.8. The van der Waals surface area contributed by atoms with Crippen LogP contribution in [0.3, 0.4) is 0 Å². The van der Waals surface area contributed by atoms with Gasteiger partial charge in [0.1, 0.15) is 6.54 Å². The number of anilines is 1. The summed E-state index contributed by atoms with van der Waals surface area (Å²) in [5, 5.41) is 8.46. The van der Waals surface area contributed by atoms with E-state index in [0.717, 1.165) is 11.3 Å². The minimum Gasteiger partial charge on any atom is -0.324 e. The summed E-state index contributed by atoms with van der Waals surface area (Å²) in [4.78, 5) is 12.6. The van der Waals surface area contributed by atoms with Gasteiger partial charge in [0.15, 0.2) is 5.82 Å². The molecule has 0 saturated carbocycles. The van der Waals surface area contributed by atoms with Crippen LogP contribution in [0.2, 0.25) is 10.0 Å². The van der Waals surface area contributed by atoms with E-state index in [4.69, 9.17) is 35.4 Å². The number of hydrogen-bond donors (Lipinski definition) is 1. The van der Waals surface area contributed by atoms with Crippen LogP contribution in [-0.2, 0) is 11.3 Å². The van der Waals surface area contributed by atoms with Crippen molar-refractivity contribution in [3.63, 3.8) is 0 Å². The maximum absolute atomic E-state index is 12.6. The average Bonchev–Trinajstić information content (AvgIpc) is 3.05. The monoisotopic (exact) mass is 468 g/mol. The number of amides is 1. The van der Waals surface area contributed by atoms with Crippen LogP contribution >= 0.6 is 35.4 Å². The Bertz CT molecular complexity index is 1300. The Kier molecular flexibility index (Phi) is 6.23. The van der Waals surface area contributed by atoms with Crippen molar-refractivity contribution in [1.82, 2.24) is 14.3 Å². The van der Waals surface area contributed by atoms with Crippen molar-refractivity contribution in [3.05, 3.63) is 93.2 Å². The molecule has 0 bridgehead atoms. The van der Waals surface area contributed by atoms with Gasteiger partial charge in [-0.15, -0.1) is 0 Å². The van der Waals surface area contributed by atoms with Crippen molar-refractivity contribution in [2.45, 2.75) is 13.5 Å². The first kappa shape index (κ1) is 21.3. The van der Waals surface area contributed by atoms with E-state index in [1.54, 1.807) is 22.8 Å². The van der Waals surface area contributed by atoms with E-state index in [0.29, 0.717) is 31.9 Å². The zero-order chi connectivity index (χ0) is 22.0. The van der Waals surface area contributed by atoms with Crippen LogP contribution in [0.5, 0.6) is 0 Å². The number of rotatable bonds is 5. The molecule has 1 N–H and O–H groups in total. The summed E-state index contributed by atoms with van der Waals surface area (Å²) in [5.74, 6) is 0.299.